The molecule has 1 amide bonds. The number of para-hydroxylation sites is 1. The lowest BCUT2D eigenvalue weighted by molar-refractivity contribution is -0.129. The summed E-state index contributed by atoms with van der Waals surface area (Å²) in [6.45, 7) is 1.62. The van der Waals surface area contributed by atoms with Crippen LogP contribution in [0.15, 0.2) is 30.3 Å². The summed E-state index contributed by atoms with van der Waals surface area (Å²) in [7, 11) is 0. The predicted molar refractivity (Wildman–Crippen MR) is 92.8 cm³/mol. The third-order valence-electron chi connectivity index (χ3n) is 4.60. The number of hydrogen-bond acceptors (Lipinski definition) is 3. The molecule has 0 aliphatic heterocycles. The van der Waals surface area contributed by atoms with Gasteiger partial charge in [0.15, 0.2) is 6.10 Å². The average molecular weight is 328 g/mol. The molecular formula is C19H24N2O3. The van der Waals surface area contributed by atoms with E-state index in [1.54, 1.807) is 13.0 Å². The zero-order chi connectivity index (χ0) is 16.9. The third-order valence-corrected chi connectivity index (χ3v) is 4.60. The van der Waals surface area contributed by atoms with Gasteiger partial charge in [-0.1, -0.05) is 43.9 Å². The maximum absolute atomic E-state index is 12.3. The van der Waals surface area contributed by atoms with Gasteiger partial charge < -0.3 is 15.0 Å². The molecule has 1 fully saturated rings. The maximum atomic E-state index is 12.3. The number of carbonyl (C=O) groups is 2. The Balaban J connectivity index is 1.57. The molecule has 1 atom stereocenters. The summed E-state index contributed by atoms with van der Waals surface area (Å²) in [6, 6.07) is 9.58. The zero-order valence-corrected chi connectivity index (χ0v) is 14.0. The summed E-state index contributed by atoms with van der Waals surface area (Å²) in [5.74, 6) is -0.721. The molecule has 0 radical (unpaired) electrons. The van der Waals surface area contributed by atoms with Gasteiger partial charge in [-0.2, -0.15) is 0 Å². The van der Waals surface area contributed by atoms with Crippen LogP contribution in [0.25, 0.3) is 10.9 Å². The first-order valence-corrected chi connectivity index (χ1v) is 8.72. The standard InChI is InChI=1S/C19H24N2O3/c1-13(18(22)20-15-9-4-2-3-5-10-15)24-19(23)17-12-14-8-6-7-11-16(14)21-17/h6-8,11-13,15,21H,2-5,9-10H2,1H3,(H,20,22)/t13-/m0/s1. The van der Waals surface area contributed by atoms with Crippen LogP contribution in [0.3, 0.4) is 0 Å². The van der Waals surface area contributed by atoms with Gasteiger partial charge in [-0.15, -0.1) is 0 Å². The molecule has 1 aromatic carbocycles. The van der Waals surface area contributed by atoms with Crippen LogP contribution in [0, 0.1) is 0 Å². The van der Waals surface area contributed by atoms with Crippen molar-refractivity contribution in [3.63, 3.8) is 0 Å². The van der Waals surface area contributed by atoms with Gasteiger partial charge in [0.25, 0.3) is 5.91 Å². The summed E-state index contributed by atoms with van der Waals surface area (Å²) >= 11 is 0. The minimum atomic E-state index is -0.799. The molecule has 24 heavy (non-hydrogen) atoms. The molecule has 2 aromatic rings. The minimum Gasteiger partial charge on any atom is -0.448 e. The lowest BCUT2D eigenvalue weighted by atomic mass is 10.1. The molecule has 0 saturated heterocycles. The van der Waals surface area contributed by atoms with E-state index in [0.29, 0.717) is 5.69 Å². The number of H-pyrrole nitrogens is 1. The van der Waals surface area contributed by atoms with Crippen LogP contribution in [-0.2, 0) is 9.53 Å². The molecule has 1 aromatic heterocycles. The van der Waals surface area contributed by atoms with Gasteiger partial charge in [0.2, 0.25) is 0 Å². The molecule has 1 aliphatic carbocycles. The average Bonchev–Trinajstić information content (AvgIpc) is 2.85. The van der Waals surface area contributed by atoms with Gasteiger partial charge >= 0.3 is 5.97 Å². The summed E-state index contributed by atoms with van der Waals surface area (Å²) < 4.78 is 5.32. The van der Waals surface area contributed by atoms with E-state index >= 15 is 0 Å². The van der Waals surface area contributed by atoms with Gasteiger partial charge in [0.1, 0.15) is 5.69 Å². The van der Waals surface area contributed by atoms with Crippen LogP contribution in [-0.4, -0.2) is 29.0 Å². The van der Waals surface area contributed by atoms with E-state index < -0.39 is 12.1 Å². The second-order valence-electron chi connectivity index (χ2n) is 6.51. The van der Waals surface area contributed by atoms with Crippen LogP contribution in [0.4, 0.5) is 0 Å². The number of aromatic nitrogens is 1. The van der Waals surface area contributed by atoms with E-state index in [0.717, 1.165) is 36.6 Å². The van der Waals surface area contributed by atoms with Crippen LogP contribution in [0.2, 0.25) is 0 Å². The number of fused-ring (bicyclic) bond motifs is 1. The zero-order valence-electron chi connectivity index (χ0n) is 14.0. The lowest BCUT2D eigenvalue weighted by Crippen LogP contribution is -2.41. The first-order valence-electron chi connectivity index (χ1n) is 8.72. The molecule has 1 aliphatic rings. The molecule has 5 nitrogen and oxygen atoms in total. The quantitative estimate of drug-likeness (QED) is 0.666. The molecule has 5 heteroatoms. The number of esters is 1. The van der Waals surface area contributed by atoms with E-state index in [4.69, 9.17) is 4.74 Å². The van der Waals surface area contributed by atoms with E-state index in [-0.39, 0.29) is 11.9 Å². The van der Waals surface area contributed by atoms with Crippen molar-refractivity contribution in [2.45, 2.75) is 57.6 Å². The molecule has 0 bridgehead atoms. The SMILES string of the molecule is C[C@H](OC(=O)c1cc2ccccc2[nH]1)C(=O)NC1CCCCCC1. The van der Waals surface area contributed by atoms with Gasteiger partial charge in [0.05, 0.1) is 0 Å². The summed E-state index contributed by atoms with van der Waals surface area (Å²) in [6.07, 6.45) is 5.98. The fourth-order valence-corrected chi connectivity index (χ4v) is 3.20. The number of ether oxygens (including phenoxy) is 1. The van der Waals surface area contributed by atoms with Crippen LogP contribution in [0.1, 0.15) is 55.9 Å². The monoisotopic (exact) mass is 328 g/mol. The number of nitrogens with one attached hydrogen (secondary N) is 2. The molecule has 3 rings (SSSR count). The number of amides is 1. The highest BCUT2D eigenvalue weighted by Gasteiger charge is 2.23. The van der Waals surface area contributed by atoms with E-state index in [9.17, 15) is 9.59 Å². The van der Waals surface area contributed by atoms with E-state index in [1.165, 1.54) is 12.8 Å². The van der Waals surface area contributed by atoms with Gasteiger partial charge in [0, 0.05) is 16.9 Å². The highest BCUT2D eigenvalue weighted by molar-refractivity contribution is 5.96. The maximum Gasteiger partial charge on any atom is 0.355 e. The number of rotatable bonds is 4. The molecule has 0 unspecified atom stereocenters. The van der Waals surface area contributed by atoms with Gasteiger partial charge in [-0.3, -0.25) is 4.79 Å². The van der Waals surface area contributed by atoms with Crippen molar-refractivity contribution in [1.82, 2.24) is 10.3 Å². The molecule has 128 valence electrons. The summed E-state index contributed by atoms with van der Waals surface area (Å²) in [5.41, 5.74) is 1.24. The number of hydrogen-bond donors (Lipinski definition) is 2. The van der Waals surface area contributed by atoms with Crippen molar-refractivity contribution >= 4 is 22.8 Å². The number of carbonyl (C=O) groups excluding carboxylic acids is 2. The van der Waals surface area contributed by atoms with Crippen molar-refractivity contribution in [2.75, 3.05) is 0 Å². The van der Waals surface area contributed by atoms with Crippen LogP contribution in [0.5, 0.6) is 0 Å². The second-order valence-corrected chi connectivity index (χ2v) is 6.51. The Morgan fingerprint density at radius 1 is 1.17 bits per heavy atom. The first-order chi connectivity index (χ1) is 11.6. The lowest BCUT2D eigenvalue weighted by Gasteiger charge is -2.19. The second kappa shape index (κ2) is 7.51. The summed E-state index contributed by atoms with van der Waals surface area (Å²) in [4.78, 5) is 27.5. The Labute approximate surface area is 141 Å². The smallest absolute Gasteiger partial charge is 0.355 e. The predicted octanol–water partition coefficient (Wildman–Crippen LogP) is 3.55. The highest BCUT2D eigenvalue weighted by atomic mass is 16.5. The molecule has 1 heterocycles. The van der Waals surface area contributed by atoms with Crippen molar-refractivity contribution in [3.05, 3.63) is 36.0 Å². The number of aromatic amines is 1. The molecule has 1 saturated carbocycles. The fourth-order valence-electron chi connectivity index (χ4n) is 3.20. The highest BCUT2D eigenvalue weighted by Crippen LogP contribution is 2.18. The fraction of sp³-hybridized carbons (Fsp3) is 0.474. The van der Waals surface area contributed by atoms with Gasteiger partial charge in [-0.25, -0.2) is 4.79 Å². The van der Waals surface area contributed by atoms with E-state index in [2.05, 4.69) is 10.3 Å². The largest absolute Gasteiger partial charge is 0.448 e. The Kier molecular flexibility index (Phi) is 5.18. The third kappa shape index (κ3) is 3.96. The minimum absolute atomic E-state index is 0.203. The molecule has 2 N–H and O–H groups in total. The molecule has 0 spiro atoms. The Hall–Kier alpha value is -2.30. The van der Waals surface area contributed by atoms with E-state index in [1.807, 2.05) is 24.3 Å². The topological polar surface area (TPSA) is 71.2 Å². The van der Waals surface area contributed by atoms with Crippen LogP contribution < -0.4 is 5.32 Å². The number of benzene rings is 1. The van der Waals surface area contributed by atoms with Gasteiger partial charge in [-0.05, 0) is 31.9 Å². The first kappa shape index (κ1) is 16.6. The van der Waals surface area contributed by atoms with Crippen molar-refractivity contribution < 1.29 is 14.3 Å². The van der Waals surface area contributed by atoms with Crippen LogP contribution >= 0.6 is 0 Å². The van der Waals surface area contributed by atoms with Crippen molar-refractivity contribution in [2.24, 2.45) is 0 Å². The Morgan fingerprint density at radius 2 is 1.88 bits per heavy atom. The Bertz CT molecular complexity index is 681. The van der Waals surface area contributed by atoms with Crippen molar-refractivity contribution in [1.29, 1.82) is 0 Å². The normalized spacial score (nSPS) is 17.2. The molecular weight excluding hydrogens is 304 g/mol. The Morgan fingerprint density at radius 3 is 2.58 bits per heavy atom. The summed E-state index contributed by atoms with van der Waals surface area (Å²) in [5, 5.41) is 3.96. The van der Waals surface area contributed by atoms with Crippen molar-refractivity contribution in [3.8, 4) is 0 Å².